The molecule has 3 fully saturated rings. The molecule has 0 saturated carbocycles. The number of aromatic nitrogens is 1. The summed E-state index contributed by atoms with van der Waals surface area (Å²) < 4.78 is 6.00. The molecule has 4 rings (SSSR count). The number of thiazole rings is 1. The van der Waals surface area contributed by atoms with E-state index in [0.717, 1.165) is 31.4 Å². The molecule has 0 bridgehead atoms. The highest BCUT2D eigenvalue weighted by molar-refractivity contribution is 7.13. The van der Waals surface area contributed by atoms with Crippen molar-refractivity contribution < 1.29 is 4.74 Å². The third-order valence-corrected chi connectivity index (χ3v) is 6.81. The Morgan fingerprint density at radius 2 is 1.79 bits per heavy atom. The van der Waals surface area contributed by atoms with Crippen molar-refractivity contribution in [2.24, 2.45) is 5.41 Å². The summed E-state index contributed by atoms with van der Waals surface area (Å²) in [5, 5.41) is 3.24. The summed E-state index contributed by atoms with van der Waals surface area (Å²) in [6.07, 6.45) is 7.23. The summed E-state index contributed by atoms with van der Waals surface area (Å²) in [5.41, 5.74) is 0.326. The second-order valence-electron chi connectivity index (χ2n) is 7.68. The van der Waals surface area contributed by atoms with Gasteiger partial charge in [0.2, 0.25) is 0 Å². The summed E-state index contributed by atoms with van der Waals surface area (Å²) in [6.45, 7) is 11.4. The normalized spacial score (nSPS) is 26.1. The van der Waals surface area contributed by atoms with Gasteiger partial charge in [0, 0.05) is 43.2 Å². The van der Waals surface area contributed by atoms with Gasteiger partial charge >= 0.3 is 0 Å². The van der Waals surface area contributed by atoms with Crippen LogP contribution in [0.3, 0.4) is 0 Å². The van der Waals surface area contributed by atoms with E-state index >= 15 is 0 Å². The average Bonchev–Trinajstić information content (AvgIpc) is 3.28. The van der Waals surface area contributed by atoms with Crippen LogP contribution in [0.2, 0.25) is 0 Å². The molecule has 0 atom stereocenters. The van der Waals surface area contributed by atoms with Crippen molar-refractivity contribution in [3.05, 3.63) is 11.6 Å². The number of ether oxygens (including phenoxy) is 1. The Balaban J connectivity index is 1.31. The fraction of sp³-hybridized carbons (Fsp3) is 0.833. The molecule has 0 amide bonds. The molecule has 6 heteroatoms. The second-order valence-corrected chi connectivity index (χ2v) is 8.55. The van der Waals surface area contributed by atoms with Gasteiger partial charge in [-0.25, -0.2) is 4.98 Å². The Morgan fingerprint density at radius 3 is 2.50 bits per heavy atom. The third-order valence-electron chi connectivity index (χ3n) is 5.98. The SMILES string of the molecule is c1csc(N2CCOCC3(CCN(CCN4CCCC4)CC3)C2)n1. The van der Waals surface area contributed by atoms with Gasteiger partial charge in [-0.3, -0.25) is 0 Å². The van der Waals surface area contributed by atoms with Crippen LogP contribution in [0.15, 0.2) is 11.6 Å². The summed E-state index contributed by atoms with van der Waals surface area (Å²) >= 11 is 1.75. The van der Waals surface area contributed by atoms with Crippen LogP contribution >= 0.6 is 11.3 Å². The summed E-state index contributed by atoms with van der Waals surface area (Å²) in [4.78, 5) is 12.3. The van der Waals surface area contributed by atoms with Crippen molar-refractivity contribution in [2.75, 3.05) is 70.5 Å². The molecular weight excluding hydrogens is 320 g/mol. The fourth-order valence-electron chi connectivity index (χ4n) is 4.37. The quantitative estimate of drug-likeness (QED) is 0.831. The molecule has 1 spiro atoms. The van der Waals surface area contributed by atoms with Crippen LogP contribution in [-0.2, 0) is 4.74 Å². The molecule has 0 radical (unpaired) electrons. The van der Waals surface area contributed by atoms with Gasteiger partial charge in [0.25, 0.3) is 0 Å². The van der Waals surface area contributed by atoms with Crippen LogP contribution < -0.4 is 4.90 Å². The van der Waals surface area contributed by atoms with Crippen molar-refractivity contribution in [3.63, 3.8) is 0 Å². The topological polar surface area (TPSA) is 31.8 Å². The van der Waals surface area contributed by atoms with Crippen molar-refractivity contribution in [3.8, 4) is 0 Å². The van der Waals surface area contributed by atoms with Gasteiger partial charge in [-0.1, -0.05) is 0 Å². The molecular formula is C18H30N4OS. The Morgan fingerprint density at radius 1 is 1.04 bits per heavy atom. The van der Waals surface area contributed by atoms with Crippen LogP contribution in [0.5, 0.6) is 0 Å². The number of likely N-dealkylation sites (tertiary alicyclic amines) is 2. The first kappa shape index (κ1) is 16.8. The van der Waals surface area contributed by atoms with Gasteiger partial charge in [0.05, 0.1) is 13.2 Å². The maximum Gasteiger partial charge on any atom is 0.185 e. The Labute approximate surface area is 149 Å². The lowest BCUT2D eigenvalue weighted by Gasteiger charge is -2.42. The van der Waals surface area contributed by atoms with Crippen molar-refractivity contribution in [1.29, 1.82) is 0 Å². The molecule has 0 aliphatic carbocycles. The highest BCUT2D eigenvalue weighted by atomic mass is 32.1. The van der Waals surface area contributed by atoms with E-state index in [1.165, 1.54) is 65.0 Å². The number of anilines is 1. The first-order chi connectivity index (χ1) is 11.8. The smallest absolute Gasteiger partial charge is 0.185 e. The number of rotatable bonds is 4. The largest absolute Gasteiger partial charge is 0.379 e. The molecule has 3 aliphatic heterocycles. The molecule has 0 aromatic carbocycles. The van der Waals surface area contributed by atoms with E-state index in [9.17, 15) is 0 Å². The van der Waals surface area contributed by atoms with Gasteiger partial charge in [-0.05, 0) is 51.9 Å². The monoisotopic (exact) mass is 350 g/mol. The average molecular weight is 351 g/mol. The number of hydrogen-bond donors (Lipinski definition) is 0. The maximum atomic E-state index is 6.00. The van der Waals surface area contributed by atoms with Crippen molar-refractivity contribution in [2.45, 2.75) is 25.7 Å². The summed E-state index contributed by atoms with van der Waals surface area (Å²) in [5.74, 6) is 0. The Hall–Kier alpha value is -0.690. The molecule has 3 aliphatic rings. The highest BCUT2D eigenvalue weighted by Crippen LogP contribution is 2.36. The highest BCUT2D eigenvalue weighted by Gasteiger charge is 2.38. The van der Waals surface area contributed by atoms with E-state index in [1.54, 1.807) is 11.3 Å². The van der Waals surface area contributed by atoms with Crippen LogP contribution in [0.1, 0.15) is 25.7 Å². The Kier molecular flexibility index (Phi) is 5.37. The lowest BCUT2D eigenvalue weighted by atomic mass is 9.78. The van der Waals surface area contributed by atoms with Gasteiger partial charge in [0.1, 0.15) is 0 Å². The molecule has 1 aromatic heterocycles. The number of nitrogens with zero attached hydrogens (tertiary/aromatic N) is 4. The molecule has 3 saturated heterocycles. The van der Waals surface area contributed by atoms with Gasteiger partial charge < -0.3 is 19.4 Å². The standard InChI is InChI=1S/C18H30N4OS/c1-2-7-20(6-1)10-11-21-8-3-18(4-9-21)15-22(12-13-23-16-18)17-19-5-14-24-17/h5,14H,1-4,6-13,15-16H2. The van der Waals surface area contributed by atoms with E-state index in [4.69, 9.17) is 4.74 Å². The number of hydrogen-bond acceptors (Lipinski definition) is 6. The van der Waals surface area contributed by atoms with E-state index in [2.05, 4.69) is 25.1 Å². The maximum absolute atomic E-state index is 6.00. The van der Waals surface area contributed by atoms with E-state index < -0.39 is 0 Å². The minimum atomic E-state index is 0.326. The molecule has 134 valence electrons. The van der Waals surface area contributed by atoms with Crippen LogP contribution in [0.4, 0.5) is 5.13 Å². The Bertz CT molecular complexity index is 495. The van der Waals surface area contributed by atoms with E-state index in [1.807, 2.05) is 6.20 Å². The lowest BCUT2D eigenvalue weighted by molar-refractivity contribution is 0.0204. The van der Waals surface area contributed by atoms with Gasteiger partial charge in [-0.2, -0.15) is 0 Å². The predicted molar refractivity (Wildman–Crippen MR) is 98.9 cm³/mol. The van der Waals surface area contributed by atoms with Gasteiger partial charge in [-0.15, -0.1) is 11.3 Å². The predicted octanol–water partition coefficient (Wildman–Crippen LogP) is 2.16. The lowest BCUT2D eigenvalue weighted by Crippen LogP contribution is -2.48. The molecule has 0 unspecified atom stereocenters. The molecule has 4 heterocycles. The van der Waals surface area contributed by atoms with E-state index in [-0.39, 0.29) is 0 Å². The first-order valence-corrected chi connectivity index (χ1v) is 10.4. The van der Waals surface area contributed by atoms with Crippen molar-refractivity contribution in [1.82, 2.24) is 14.8 Å². The van der Waals surface area contributed by atoms with Crippen molar-refractivity contribution >= 4 is 16.5 Å². The molecule has 24 heavy (non-hydrogen) atoms. The summed E-state index contributed by atoms with van der Waals surface area (Å²) in [7, 11) is 0. The zero-order valence-corrected chi connectivity index (χ0v) is 15.5. The molecule has 1 aromatic rings. The van der Waals surface area contributed by atoms with Crippen LogP contribution in [-0.4, -0.2) is 80.4 Å². The zero-order valence-electron chi connectivity index (χ0n) is 14.7. The third kappa shape index (κ3) is 3.93. The van der Waals surface area contributed by atoms with Gasteiger partial charge in [0.15, 0.2) is 5.13 Å². The van der Waals surface area contributed by atoms with E-state index in [0.29, 0.717) is 5.41 Å². The van der Waals surface area contributed by atoms with Crippen LogP contribution in [0, 0.1) is 5.41 Å². The summed E-state index contributed by atoms with van der Waals surface area (Å²) in [6, 6.07) is 0. The minimum absolute atomic E-state index is 0.326. The second kappa shape index (κ2) is 7.68. The van der Waals surface area contributed by atoms with Crippen LogP contribution in [0.25, 0.3) is 0 Å². The molecule has 0 N–H and O–H groups in total. The fourth-order valence-corrected chi connectivity index (χ4v) is 5.04. The number of piperidine rings is 1. The molecule has 5 nitrogen and oxygen atoms in total. The first-order valence-electron chi connectivity index (χ1n) is 9.50. The minimum Gasteiger partial charge on any atom is -0.379 e. The zero-order chi connectivity index (χ0) is 16.2.